The number of amides is 3. The molecule has 3 heterocycles. The van der Waals surface area contributed by atoms with Crippen LogP contribution in [0.5, 0.6) is 17.2 Å². The lowest BCUT2D eigenvalue weighted by Gasteiger charge is -2.58. The van der Waals surface area contributed by atoms with Crippen molar-refractivity contribution in [2.75, 3.05) is 41.2 Å². The van der Waals surface area contributed by atoms with E-state index in [1.165, 1.54) is 21.3 Å². The Morgan fingerprint density at radius 1 is 0.564 bits per heavy atom. The van der Waals surface area contributed by atoms with Crippen LogP contribution in [0.2, 0.25) is 0 Å². The molecule has 0 aliphatic heterocycles. The van der Waals surface area contributed by atoms with Crippen LogP contribution >= 0.6 is 0 Å². The molecule has 3 rings (SSSR count). The van der Waals surface area contributed by atoms with Crippen LogP contribution in [0.15, 0.2) is 51.2 Å². The predicted molar refractivity (Wildman–Crippen MR) is 190 cm³/mol. The summed E-state index contributed by atoms with van der Waals surface area (Å²) in [6, 6.07) is 2.79. The lowest BCUT2D eigenvalue weighted by molar-refractivity contribution is -0.143. The van der Waals surface area contributed by atoms with E-state index in [0.717, 1.165) is 71.3 Å². The van der Waals surface area contributed by atoms with E-state index in [9.17, 15) is 59.4 Å². The van der Waals surface area contributed by atoms with Gasteiger partial charge < -0.3 is 58.6 Å². The van der Waals surface area contributed by atoms with Gasteiger partial charge in [-0.3, -0.25) is 30.3 Å². The molecule has 3 atom stereocenters. The van der Waals surface area contributed by atoms with E-state index in [2.05, 4.69) is 16.0 Å². The average molecular weight is 780 g/mol. The Morgan fingerprint density at radius 2 is 0.800 bits per heavy atom. The Kier molecular flexibility index (Phi) is 13.7. The zero-order valence-electron chi connectivity index (χ0n) is 30.9. The van der Waals surface area contributed by atoms with Crippen molar-refractivity contribution in [2.45, 2.75) is 57.4 Å². The van der Waals surface area contributed by atoms with Gasteiger partial charge in [-0.15, -0.1) is 0 Å². The van der Waals surface area contributed by atoms with Crippen LogP contribution in [0.1, 0.15) is 37.9 Å². The van der Waals surface area contributed by atoms with Crippen molar-refractivity contribution < 1.29 is 59.2 Å². The number of methoxy groups -OCH3 is 3. The first kappa shape index (κ1) is 43.3. The number of ether oxygens (including phenoxy) is 3. The average Bonchev–Trinajstić information content (AvgIpc) is 3.08. The number of pyridine rings is 3. The Hall–Kier alpha value is -6.10. The van der Waals surface area contributed by atoms with Crippen LogP contribution in [-0.4, -0.2) is 109 Å². The molecule has 0 bridgehead atoms. The van der Waals surface area contributed by atoms with Gasteiger partial charge in [0.1, 0.15) is 34.1 Å². The number of nitrogens with one attached hydrogen (secondary N) is 3. The van der Waals surface area contributed by atoms with E-state index in [-0.39, 0.29) is 39.5 Å². The Bertz CT molecular complexity index is 1850. The second-order valence-electron chi connectivity index (χ2n) is 12.5. The van der Waals surface area contributed by atoms with E-state index in [1.54, 1.807) is 0 Å². The number of rotatable bonds is 18. The topological polar surface area (TPSA) is 306 Å². The number of carboxylic acid groups (broad SMARTS) is 3. The van der Waals surface area contributed by atoms with Crippen molar-refractivity contribution in [3.05, 3.63) is 84.5 Å². The van der Waals surface area contributed by atoms with Gasteiger partial charge in [-0.2, -0.15) is 0 Å². The molecule has 302 valence electrons. The zero-order valence-corrected chi connectivity index (χ0v) is 30.9. The first-order chi connectivity index (χ1) is 25.7. The highest BCUT2D eigenvalue weighted by Gasteiger charge is 2.61. The molecule has 9 N–H and O–H groups in total. The maximum absolute atomic E-state index is 13.3. The highest BCUT2D eigenvalue weighted by Crippen LogP contribution is 2.49. The summed E-state index contributed by atoms with van der Waals surface area (Å²) in [5.41, 5.74) is -13.7. The first-order valence-corrected chi connectivity index (χ1v) is 16.3. The molecule has 0 spiro atoms. The van der Waals surface area contributed by atoms with Gasteiger partial charge in [0.25, 0.3) is 0 Å². The van der Waals surface area contributed by atoms with Crippen molar-refractivity contribution in [1.29, 1.82) is 0 Å². The second-order valence-corrected chi connectivity index (χ2v) is 12.5. The van der Waals surface area contributed by atoms with E-state index >= 15 is 0 Å². The molecular weight excluding hydrogens is 734 g/mol. The van der Waals surface area contributed by atoms with Crippen LogP contribution in [-0.2, 0) is 50.8 Å². The van der Waals surface area contributed by atoms with Crippen molar-refractivity contribution >= 4 is 18.3 Å². The van der Waals surface area contributed by atoms with E-state index in [4.69, 9.17) is 14.2 Å². The van der Waals surface area contributed by atoms with Crippen molar-refractivity contribution in [3.8, 4) is 17.2 Å². The Morgan fingerprint density at radius 3 is 1.00 bits per heavy atom. The summed E-state index contributed by atoms with van der Waals surface area (Å²) < 4.78 is 19.0. The molecule has 22 heteroatoms. The van der Waals surface area contributed by atoms with Crippen LogP contribution in [0, 0.1) is 0 Å². The van der Waals surface area contributed by atoms with Crippen LogP contribution < -0.4 is 32.2 Å². The van der Waals surface area contributed by atoms with Gasteiger partial charge in [0.15, 0.2) is 17.2 Å². The van der Waals surface area contributed by atoms with Gasteiger partial charge in [-0.1, -0.05) is 0 Å². The first-order valence-electron chi connectivity index (χ1n) is 16.3. The molecule has 0 saturated heterocycles. The molecule has 55 heavy (non-hydrogen) atoms. The molecule has 0 aromatic carbocycles. The number of hydrogen-bond acceptors (Lipinski definition) is 13. The fourth-order valence-electron chi connectivity index (χ4n) is 6.98. The smallest absolute Gasteiger partial charge is 0.406 e. The molecular formula is C33H45N7O15. The third-order valence-electron chi connectivity index (χ3n) is 8.84. The van der Waals surface area contributed by atoms with Crippen LogP contribution in [0.25, 0.3) is 0 Å². The second kappa shape index (κ2) is 17.4. The molecule has 0 fully saturated rings. The Balaban J connectivity index is 2.92. The number of aromatic hydroxyl groups is 3. The van der Waals surface area contributed by atoms with Crippen molar-refractivity contribution in [1.82, 2.24) is 34.6 Å². The molecule has 0 radical (unpaired) electrons. The van der Waals surface area contributed by atoms with E-state index in [0.29, 0.717) is 4.90 Å². The minimum atomic E-state index is -2.83. The molecule has 22 nitrogen and oxygen atoms in total. The largest absolute Gasteiger partial charge is 0.503 e. The highest BCUT2D eigenvalue weighted by atomic mass is 16.5. The lowest BCUT2D eigenvalue weighted by atomic mass is 9.87. The van der Waals surface area contributed by atoms with Gasteiger partial charge in [0.2, 0.25) is 16.3 Å². The fourth-order valence-corrected chi connectivity index (χ4v) is 6.98. The van der Waals surface area contributed by atoms with Gasteiger partial charge in [-0.05, 0) is 20.8 Å². The zero-order chi connectivity index (χ0) is 41.5. The maximum atomic E-state index is 13.3. The molecule has 3 amide bonds. The summed E-state index contributed by atoms with van der Waals surface area (Å²) in [6.45, 7) is 1.99. The summed E-state index contributed by atoms with van der Waals surface area (Å²) in [4.78, 5) is 79.5. The van der Waals surface area contributed by atoms with Gasteiger partial charge in [0.05, 0.1) is 19.8 Å². The lowest BCUT2D eigenvalue weighted by Crippen LogP contribution is -2.76. The highest BCUT2D eigenvalue weighted by molar-refractivity contribution is 5.69. The molecule has 3 aromatic rings. The maximum Gasteiger partial charge on any atom is 0.406 e. The summed E-state index contributed by atoms with van der Waals surface area (Å²) in [5, 5.41) is 72.9. The normalized spacial score (nSPS) is 14.7. The summed E-state index contributed by atoms with van der Waals surface area (Å²) in [7, 11) is 3.96. The number of nitrogens with zero attached hydrogens (tertiary/aromatic N) is 4. The summed E-state index contributed by atoms with van der Waals surface area (Å²) in [6.07, 6.45) is -2.28. The SMILES string of the molecule is COCCn1ccc(=O)c(O)c1C(C)(NC(=O)O)N(C(C)(NC(=O)O)c1c(O)c(=O)ccn1CCOC)C(C)(NC(=O)O)c1c(O)c(=O)ccn1CCOC. The van der Waals surface area contributed by atoms with Gasteiger partial charge >= 0.3 is 18.3 Å². The van der Waals surface area contributed by atoms with E-state index < -0.39 is 85.9 Å². The number of hydrogen-bond donors (Lipinski definition) is 9. The molecule has 0 saturated carbocycles. The summed E-state index contributed by atoms with van der Waals surface area (Å²) >= 11 is 0. The monoisotopic (exact) mass is 779 g/mol. The van der Waals surface area contributed by atoms with Crippen LogP contribution in [0.4, 0.5) is 14.4 Å². The van der Waals surface area contributed by atoms with Crippen molar-refractivity contribution in [3.63, 3.8) is 0 Å². The molecule has 3 aromatic heterocycles. The van der Waals surface area contributed by atoms with Crippen LogP contribution in [0.3, 0.4) is 0 Å². The quantitative estimate of drug-likeness (QED) is 0.0782. The minimum Gasteiger partial charge on any atom is -0.503 e. The summed E-state index contributed by atoms with van der Waals surface area (Å²) in [5.74, 6) is -3.38. The Labute approximate surface area is 312 Å². The predicted octanol–water partition coefficient (Wildman–Crippen LogP) is 0.251. The van der Waals surface area contributed by atoms with Gasteiger partial charge in [-0.25, -0.2) is 19.3 Å². The number of carbonyl (C=O) groups is 3. The third-order valence-corrected chi connectivity index (χ3v) is 8.84. The van der Waals surface area contributed by atoms with E-state index in [1.807, 2.05) is 0 Å². The molecule has 3 unspecified atom stereocenters. The third kappa shape index (κ3) is 8.67. The van der Waals surface area contributed by atoms with Crippen molar-refractivity contribution in [2.24, 2.45) is 0 Å². The molecule has 0 aliphatic rings. The standard InChI is InChI=1S/C33H45N7O15/c1-31(34-28(47)48,25-22(44)19(41)7-10-37(25)13-16-53-4)40(32(2,35-29(49)50)26-23(45)20(42)8-11-38(26)14-17-54-5)33(3,36-30(51)52)27-24(46)21(43)9-12-39(27)15-18-55-6/h7-12,34-36,44-46H,13-18H2,1-6H3,(H,47,48)(H,49,50)(H,51,52). The fraction of sp³-hybridized carbons (Fsp3) is 0.455. The number of aromatic nitrogens is 3. The van der Waals surface area contributed by atoms with Gasteiger partial charge in [0, 0.05) is 77.8 Å². The minimum absolute atomic E-state index is 0.125. The molecule has 0 aliphatic carbocycles.